The number of esters is 3. The van der Waals surface area contributed by atoms with Crippen LogP contribution in [-0.2, 0) is 137 Å². The number of ether oxygens (including phenoxy) is 21. The predicted molar refractivity (Wildman–Crippen MR) is 354 cm³/mol. The van der Waals surface area contributed by atoms with E-state index >= 15 is 0 Å². The summed E-state index contributed by atoms with van der Waals surface area (Å²) < 4.78 is 114. The summed E-state index contributed by atoms with van der Waals surface area (Å²) in [5.41, 5.74) is -1.11. The highest BCUT2D eigenvalue weighted by Crippen LogP contribution is 2.33. The molecule has 0 aromatic heterocycles. The molecule has 2 aliphatic heterocycles. The van der Waals surface area contributed by atoms with Crippen LogP contribution < -0.4 is 25.4 Å². The predicted octanol–water partition coefficient (Wildman–Crippen LogP) is 1.15. The number of nitro benzene ring substituents is 1. The maximum atomic E-state index is 13.4. The zero-order valence-corrected chi connectivity index (χ0v) is 59.0. The van der Waals surface area contributed by atoms with Gasteiger partial charge in [-0.05, 0) is 29.8 Å². The highest BCUT2D eigenvalue weighted by molar-refractivity contribution is 5.80. The molecular weight excluding hydrogens is 1390 g/mol. The highest BCUT2D eigenvalue weighted by Gasteiger charge is 2.56. The Morgan fingerprint density at radius 1 is 0.606 bits per heavy atom. The van der Waals surface area contributed by atoms with Gasteiger partial charge in [0.05, 0.1) is 183 Å². The van der Waals surface area contributed by atoms with Gasteiger partial charge in [-0.25, -0.2) is 14.4 Å². The summed E-state index contributed by atoms with van der Waals surface area (Å²) in [6, 6.07) is 8.64. The fraction of sp³-hybridized carbons (Fsp3) is 0.652. The summed E-state index contributed by atoms with van der Waals surface area (Å²) in [4.78, 5) is 126. The molecule has 2 fully saturated rings. The van der Waals surface area contributed by atoms with E-state index in [1.165, 1.54) is 41.3 Å². The third-order valence-corrected chi connectivity index (χ3v) is 14.1. The van der Waals surface area contributed by atoms with Gasteiger partial charge in [-0.3, -0.25) is 38.9 Å². The number of alkyl carbamates (subject to hydrolysis) is 1. The Morgan fingerprint density at radius 2 is 1.09 bits per heavy atom. The number of methoxy groups -OCH3 is 1. The summed E-state index contributed by atoms with van der Waals surface area (Å²) >= 11 is 0. The lowest BCUT2D eigenvalue weighted by molar-refractivity contribution is -0.384. The number of carbonyl (C=O) groups excluding carboxylic acids is 8. The molecule has 38 nitrogen and oxygen atoms in total. The van der Waals surface area contributed by atoms with Crippen LogP contribution in [0.25, 0.3) is 0 Å². The zero-order valence-electron chi connectivity index (χ0n) is 59.0. The average Bonchev–Trinajstić information content (AvgIpc) is 0.784. The van der Waals surface area contributed by atoms with E-state index in [9.17, 15) is 58.4 Å². The Hall–Kier alpha value is -8.35. The van der Waals surface area contributed by atoms with Gasteiger partial charge in [-0.1, -0.05) is 18.7 Å². The number of likely N-dealkylation sites (tertiary alicyclic amines) is 1. The van der Waals surface area contributed by atoms with Gasteiger partial charge in [0, 0.05) is 65.1 Å². The average molecular weight is 1490 g/mol. The number of hydrogen-bond donors (Lipinski definition) is 4. The second kappa shape index (κ2) is 52.6. The Kier molecular flexibility index (Phi) is 44.5. The molecule has 2 aliphatic rings. The van der Waals surface area contributed by atoms with Gasteiger partial charge in [-0.2, -0.15) is 0 Å². The van der Waals surface area contributed by atoms with Crippen LogP contribution in [-0.4, -0.2) is 304 Å². The summed E-state index contributed by atoms with van der Waals surface area (Å²) in [6.45, 7) is 14.0. The Balaban J connectivity index is 1.13. The molecule has 0 unspecified atom stereocenters. The molecule has 2 saturated heterocycles. The lowest BCUT2D eigenvalue weighted by atomic mass is 9.93. The first kappa shape index (κ1) is 88.1. The van der Waals surface area contributed by atoms with Crippen molar-refractivity contribution in [3.63, 3.8) is 0 Å². The normalized spacial score (nSPS) is 16.6. The summed E-state index contributed by atoms with van der Waals surface area (Å²) in [7, 11) is 1.62. The SMILES string of the molecule is C=CCOC(=O)NCC1(OCC(=O)NCCC(=O)NCc2cc(COC(=O)Oc3ccc([N+](=O)[O-])cc3)ccc2O[C@@H]2O[C@H](C(=O)O)[C@@H](OC(C)=O)[C@H](OC(C)=O)[C@H]2OC(C)=O)CN(C(=O)CCOCCOCCOCCOCCOCCOCCOCCOCCOCCOCCOCCOC)C1. The molecule has 0 spiro atoms. The molecular formula is C66H97N5O33. The quantitative estimate of drug-likeness (QED) is 0.0137. The van der Waals surface area contributed by atoms with Crippen molar-refractivity contribution in [2.45, 2.75) is 83.1 Å². The molecule has 0 radical (unpaired) electrons. The second-order valence-corrected chi connectivity index (χ2v) is 22.3. The van der Waals surface area contributed by atoms with Crippen LogP contribution in [0.4, 0.5) is 15.3 Å². The Labute approximate surface area is 600 Å². The third-order valence-electron chi connectivity index (χ3n) is 14.1. The maximum Gasteiger partial charge on any atom is 0.514 e. The molecule has 5 atom stereocenters. The fourth-order valence-electron chi connectivity index (χ4n) is 9.20. The third kappa shape index (κ3) is 37.9. The molecule has 38 heteroatoms. The van der Waals surface area contributed by atoms with Crippen LogP contribution in [0.15, 0.2) is 55.1 Å². The minimum atomic E-state index is -2.06. The molecule has 2 aromatic carbocycles. The number of carboxylic acids is 1. The molecule has 4 rings (SSSR count). The molecule has 0 bridgehead atoms. The van der Waals surface area contributed by atoms with Gasteiger partial charge in [0.2, 0.25) is 30.1 Å². The van der Waals surface area contributed by atoms with Crippen molar-refractivity contribution in [2.24, 2.45) is 0 Å². The van der Waals surface area contributed by atoms with E-state index in [0.717, 1.165) is 32.9 Å². The van der Waals surface area contributed by atoms with Gasteiger partial charge >= 0.3 is 36.1 Å². The zero-order chi connectivity index (χ0) is 75.6. The number of nitrogens with one attached hydrogen (secondary N) is 3. The van der Waals surface area contributed by atoms with Crippen molar-refractivity contribution in [3.8, 4) is 11.5 Å². The molecule has 4 amide bonds. The lowest BCUT2D eigenvalue weighted by Gasteiger charge is -2.49. The number of carbonyl (C=O) groups is 9. The number of nitrogens with zero attached hydrogens (tertiary/aromatic N) is 2. The second-order valence-electron chi connectivity index (χ2n) is 22.3. The van der Waals surface area contributed by atoms with E-state index < -0.39 is 102 Å². The summed E-state index contributed by atoms with van der Waals surface area (Å²) in [5.74, 6) is -6.46. The lowest BCUT2D eigenvalue weighted by Crippen LogP contribution is -2.69. The van der Waals surface area contributed by atoms with Crippen LogP contribution in [0.1, 0.15) is 44.7 Å². The van der Waals surface area contributed by atoms with Gasteiger partial charge < -0.3 is 125 Å². The number of benzene rings is 2. The van der Waals surface area contributed by atoms with Crippen molar-refractivity contribution in [1.29, 1.82) is 0 Å². The van der Waals surface area contributed by atoms with Crippen molar-refractivity contribution >= 4 is 59.5 Å². The van der Waals surface area contributed by atoms with Crippen molar-refractivity contribution in [1.82, 2.24) is 20.9 Å². The van der Waals surface area contributed by atoms with Crippen LogP contribution in [0, 0.1) is 10.1 Å². The topological polar surface area (TPSA) is 450 Å². The van der Waals surface area contributed by atoms with Crippen LogP contribution in [0.2, 0.25) is 0 Å². The smallest absolute Gasteiger partial charge is 0.479 e. The van der Waals surface area contributed by atoms with Gasteiger partial charge in [0.25, 0.3) is 5.69 Å². The first-order chi connectivity index (χ1) is 50.2. The number of aliphatic carboxylic acids is 1. The molecule has 0 saturated carbocycles. The van der Waals surface area contributed by atoms with E-state index in [4.69, 9.17) is 99.5 Å². The Bertz CT molecular complexity index is 2900. The van der Waals surface area contributed by atoms with Gasteiger partial charge in [0.1, 0.15) is 36.9 Å². The monoisotopic (exact) mass is 1490 g/mol. The molecule has 4 N–H and O–H groups in total. The summed E-state index contributed by atoms with van der Waals surface area (Å²) in [5, 5.41) is 29.0. The molecule has 0 aliphatic carbocycles. The van der Waals surface area contributed by atoms with E-state index in [-0.39, 0.29) is 106 Å². The number of carboxylic acid groups (broad SMARTS) is 1. The highest BCUT2D eigenvalue weighted by atomic mass is 16.7. The molecule has 2 heterocycles. The summed E-state index contributed by atoms with van der Waals surface area (Å²) in [6.07, 6.45) is -10.3. The minimum absolute atomic E-state index is 0.00858. The number of amides is 4. The number of non-ortho nitro benzene ring substituents is 1. The first-order valence-electron chi connectivity index (χ1n) is 33.3. The van der Waals surface area contributed by atoms with Crippen molar-refractivity contribution < 1.29 is 153 Å². The maximum absolute atomic E-state index is 13.4. The standard InChI is InChI=1S/C66H97N5O33/c1-6-16-96-64(80)69-44-66(45-70(46-66)57(77)14-17-85-20-21-87-24-25-89-28-29-91-32-33-93-36-37-95-39-38-94-35-34-92-31-30-90-27-26-88-23-22-86-19-18-84-5)98-43-56(76)67-15-13-55(75)68-41-51-40-50(42-97-65(81)102-53-10-8-52(9-11-53)71(82)83)7-12-54(51)103-63-61(101-49(4)74)59(100-48(3)73)58(99-47(2)72)60(104-63)62(78)79/h6-12,40,58-61,63H,1,13-39,41-46H2,2-5H3,(H,67,76)(H,68,75)(H,69,80)(H,78,79)/t58-,59-,60-,61+,63+/m0/s1. The molecule has 104 heavy (non-hydrogen) atoms. The van der Waals surface area contributed by atoms with Crippen molar-refractivity contribution in [2.75, 3.05) is 198 Å². The van der Waals surface area contributed by atoms with Crippen LogP contribution >= 0.6 is 0 Å². The number of nitro groups is 1. The molecule has 584 valence electrons. The van der Waals surface area contributed by atoms with E-state index in [2.05, 4.69) is 22.5 Å². The van der Waals surface area contributed by atoms with Crippen LogP contribution in [0.5, 0.6) is 11.5 Å². The van der Waals surface area contributed by atoms with Gasteiger partial charge in [0.15, 0.2) is 18.3 Å². The van der Waals surface area contributed by atoms with E-state index in [0.29, 0.717) is 132 Å². The molecule has 2 aromatic rings. The van der Waals surface area contributed by atoms with E-state index in [1.54, 1.807) is 7.11 Å². The fourth-order valence-corrected chi connectivity index (χ4v) is 9.20. The van der Waals surface area contributed by atoms with Gasteiger partial charge in [-0.15, -0.1) is 0 Å². The minimum Gasteiger partial charge on any atom is -0.479 e. The van der Waals surface area contributed by atoms with Crippen molar-refractivity contribution in [3.05, 3.63) is 76.4 Å². The number of rotatable bonds is 58. The van der Waals surface area contributed by atoms with E-state index in [1.807, 2.05) is 0 Å². The first-order valence-corrected chi connectivity index (χ1v) is 33.3. The van der Waals surface area contributed by atoms with Crippen LogP contribution in [0.3, 0.4) is 0 Å². The number of hydrogen-bond acceptors (Lipinski definition) is 32. The largest absolute Gasteiger partial charge is 0.514 e. The Morgan fingerprint density at radius 3 is 1.56 bits per heavy atom.